The summed E-state index contributed by atoms with van der Waals surface area (Å²) in [5, 5.41) is 3.97. The van der Waals surface area contributed by atoms with Crippen LogP contribution in [-0.2, 0) is 17.8 Å². The number of aromatic amines is 1. The minimum atomic E-state index is -0.617. The number of rotatable bonds is 5. The minimum absolute atomic E-state index is 0.193. The largest absolute Gasteiger partial charge is 0.454 e. The quantitative estimate of drug-likeness (QED) is 0.665. The van der Waals surface area contributed by atoms with Gasteiger partial charge in [0.2, 0.25) is 12.7 Å². The van der Waals surface area contributed by atoms with Gasteiger partial charge in [-0.3, -0.25) is 4.79 Å². The molecule has 0 aliphatic carbocycles. The maximum Gasteiger partial charge on any atom is 0.237 e. The van der Waals surface area contributed by atoms with Crippen molar-refractivity contribution in [3.05, 3.63) is 59.8 Å². The van der Waals surface area contributed by atoms with Gasteiger partial charge in [0.1, 0.15) is 0 Å². The molecule has 3 aromatic rings. The van der Waals surface area contributed by atoms with Gasteiger partial charge in [-0.1, -0.05) is 30.3 Å². The van der Waals surface area contributed by atoms with E-state index in [-0.39, 0.29) is 12.7 Å². The standard InChI is InChI=1S/C19H19N3O3/c20-15(8-13-10-21-16-6-2-1-5-14(13)16)19(23)22-9-12-4-3-7-17-18(12)25-11-24-17/h1-7,10,15,21H,8-9,11,20H2,(H,22,23)/t15-/m0/s1. The van der Waals surface area contributed by atoms with Crippen LogP contribution < -0.4 is 20.5 Å². The third-order valence-corrected chi connectivity index (χ3v) is 4.38. The van der Waals surface area contributed by atoms with Crippen molar-refractivity contribution in [2.75, 3.05) is 6.79 Å². The number of amides is 1. The molecule has 25 heavy (non-hydrogen) atoms. The lowest BCUT2D eigenvalue weighted by molar-refractivity contribution is -0.122. The summed E-state index contributed by atoms with van der Waals surface area (Å²) >= 11 is 0. The second-order valence-corrected chi connectivity index (χ2v) is 6.04. The molecule has 1 amide bonds. The van der Waals surface area contributed by atoms with Crippen LogP contribution in [0.3, 0.4) is 0 Å². The maximum absolute atomic E-state index is 12.4. The normalized spacial score (nSPS) is 13.8. The predicted molar refractivity (Wildman–Crippen MR) is 94.4 cm³/mol. The first-order valence-electron chi connectivity index (χ1n) is 8.18. The van der Waals surface area contributed by atoms with E-state index in [2.05, 4.69) is 10.3 Å². The molecule has 6 heteroatoms. The average Bonchev–Trinajstić information content (AvgIpc) is 3.27. The summed E-state index contributed by atoms with van der Waals surface area (Å²) in [4.78, 5) is 15.6. The Balaban J connectivity index is 1.40. The molecule has 1 aromatic heterocycles. The van der Waals surface area contributed by atoms with Gasteiger partial charge < -0.3 is 25.5 Å². The summed E-state index contributed by atoms with van der Waals surface area (Å²) in [7, 11) is 0. The van der Waals surface area contributed by atoms with Gasteiger partial charge in [0.15, 0.2) is 11.5 Å². The van der Waals surface area contributed by atoms with E-state index < -0.39 is 6.04 Å². The first-order valence-corrected chi connectivity index (χ1v) is 8.18. The Morgan fingerprint density at radius 1 is 1.16 bits per heavy atom. The van der Waals surface area contributed by atoms with Crippen LogP contribution in [0.5, 0.6) is 11.5 Å². The van der Waals surface area contributed by atoms with Gasteiger partial charge in [0, 0.05) is 29.2 Å². The molecule has 0 unspecified atom stereocenters. The molecule has 0 fully saturated rings. The summed E-state index contributed by atoms with van der Waals surface area (Å²) in [5.74, 6) is 1.20. The third-order valence-electron chi connectivity index (χ3n) is 4.38. The minimum Gasteiger partial charge on any atom is -0.454 e. The molecule has 4 rings (SSSR count). The van der Waals surface area contributed by atoms with Crippen LogP contribution in [0.1, 0.15) is 11.1 Å². The fraction of sp³-hybridized carbons (Fsp3) is 0.211. The Kier molecular flexibility index (Phi) is 4.03. The molecule has 1 aliphatic rings. The zero-order valence-corrected chi connectivity index (χ0v) is 13.6. The smallest absolute Gasteiger partial charge is 0.237 e. The van der Waals surface area contributed by atoms with Crippen molar-refractivity contribution in [3.63, 3.8) is 0 Å². The highest BCUT2D eigenvalue weighted by Gasteiger charge is 2.19. The van der Waals surface area contributed by atoms with E-state index in [1.54, 1.807) is 0 Å². The molecule has 0 saturated heterocycles. The number of hydrogen-bond donors (Lipinski definition) is 3. The Morgan fingerprint density at radius 2 is 2.04 bits per heavy atom. The Hall–Kier alpha value is -2.99. The molecule has 4 N–H and O–H groups in total. The Labute approximate surface area is 144 Å². The highest BCUT2D eigenvalue weighted by Crippen LogP contribution is 2.35. The number of carbonyl (C=O) groups excluding carboxylic acids is 1. The molecule has 2 heterocycles. The van der Waals surface area contributed by atoms with Crippen LogP contribution in [0.25, 0.3) is 10.9 Å². The van der Waals surface area contributed by atoms with Gasteiger partial charge in [-0.25, -0.2) is 0 Å². The Bertz CT molecular complexity index is 919. The number of para-hydroxylation sites is 2. The molecule has 0 radical (unpaired) electrons. The zero-order valence-electron chi connectivity index (χ0n) is 13.6. The lowest BCUT2D eigenvalue weighted by Crippen LogP contribution is -2.41. The van der Waals surface area contributed by atoms with Crippen LogP contribution in [-0.4, -0.2) is 23.7 Å². The fourth-order valence-electron chi connectivity index (χ4n) is 3.07. The molecule has 2 aromatic carbocycles. The highest BCUT2D eigenvalue weighted by molar-refractivity contribution is 5.86. The number of H-pyrrole nitrogens is 1. The fourth-order valence-corrected chi connectivity index (χ4v) is 3.07. The average molecular weight is 337 g/mol. The summed E-state index contributed by atoms with van der Waals surface area (Å²) in [6.45, 7) is 0.563. The molecule has 1 atom stereocenters. The number of hydrogen-bond acceptors (Lipinski definition) is 4. The van der Waals surface area contributed by atoms with Gasteiger partial charge >= 0.3 is 0 Å². The van der Waals surface area contributed by atoms with Gasteiger partial charge in [-0.05, 0) is 24.1 Å². The number of nitrogens with two attached hydrogens (primary N) is 1. The van der Waals surface area contributed by atoms with E-state index >= 15 is 0 Å². The van der Waals surface area contributed by atoms with Crippen molar-refractivity contribution in [2.45, 2.75) is 19.0 Å². The molecule has 128 valence electrons. The van der Waals surface area contributed by atoms with Gasteiger partial charge in [-0.2, -0.15) is 0 Å². The molecule has 6 nitrogen and oxygen atoms in total. The topological polar surface area (TPSA) is 89.4 Å². The number of nitrogens with one attached hydrogen (secondary N) is 2. The zero-order chi connectivity index (χ0) is 17.2. The van der Waals surface area contributed by atoms with E-state index in [4.69, 9.17) is 15.2 Å². The highest BCUT2D eigenvalue weighted by atomic mass is 16.7. The van der Waals surface area contributed by atoms with Gasteiger partial charge in [0.05, 0.1) is 6.04 Å². The molecule has 0 saturated carbocycles. The van der Waals surface area contributed by atoms with Crippen molar-refractivity contribution in [1.29, 1.82) is 0 Å². The second-order valence-electron chi connectivity index (χ2n) is 6.04. The predicted octanol–water partition coefficient (Wildman–Crippen LogP) is 2.08. The van der Waals surface area contributed by atoms with Crippen molar-refractivity contribution in [1.82, 2.24) is 10.3 Å². The molecular weight excluding hydrogens is 318 g/mol. The second kappa shape index (κ2) is 6.49. The van der Waals surface area contributed by atoms with Gasteiger partial charge in [0.25, 0.3) is 0 Å². The van der Waals surface area contributed by atoms with Crippen LogP contribution >= 0.6 is 0 Å². The summed E-state index contributed by atoms with van der Waals surface area (Å²) in [5.41, 5.74) is 9.05. The van der Waals surface area contributed by atoms with Crippen LogP contribution in [0.15, 0.2) is 48.7 Å². The van der Waals surface area contributed by atoms with E-state index in [0.717, 1.165) is 22.0 Å². The van der Waals surface area contributed by atoms with Crippen LogP contribution in [0, 0.1) is 0 Å². The third kappa shape index (κ3) is 3.04. The number of benzene rings is 2. The van der Waals surface area contributed by atoms with Crippen molar-refractivity contribution >= 4 is 16.8 Å². The monoisotopic (exact) mass is 337 g/mol. The van der Waals surface area contributed by atoms with E-state index in [9.17, 15) is 4.79 Å². The van der Waals surface area contributed by atoms with Crippen LogP contribution in [0.2, 0.25) is 0 Å². The molecule has 1 aliphatic heterocycles. The molecule has 0 bridgehead atoms. The van der Waals surface area contributed by atoms with E-state index in [1.807, 2.05) is 48.7 Å². The lowest BCUT2D eigenvalue weighted by atomic mass is 10.0. The number of ether oxygens (including phenoxy) is 2. The van der Waals surface area contributed by atoms with Crippen molar-refractivity contribution in [2.24, 2.45) is 5.73 Å². The summed E-state index contributed by atoms with van der Waals surface area (Å²) in [6, 6.07) is 13.0. The molecular formula is C19H19N3O3. The Morgan fingerprint density at radius 3 is 2.96 bits per heavy atom. The SMILES string of the molecule is N[C@@H](Cc1c[nH]c2ccccc12)C(=O)NCc1cccc2c1OCO2. The first-order chi connectivity index (χ1) is 12.2. The first kappa shape index (κ1) is 15.5. The van der Waals surface area contributed by atoms with E-state index in [1.165, 1.54) is 0 Å². The van der Waals surface area contributed by atoms with E-state index in [0.29, 0.717) is 24.5 Å². The number of carbonyl (C=O) groups is 1. The lowest BCUT2D eigenvalue weighted by Gasteiger charge is -2.13. The number of aromatic nitrogens is 1. The summed E-state index contributed by atoms with van der Waals surface area (Å²) in [6.07, 6.45) is 2.38. The summed E-state index contributed by atoms with van der Waals surface area (Å²) < 4.78 is 10.8. The van der Waals surface area contributed by atoms with Crippen molar-refractivity contribution in [3.8, 4) is 11.5 Å². The molecule has 0 spiro atoms. The van der Waals surface area contributed by atoms with Crippen molar-refractivity contribution < 1.29 is 14.3 Å². The number of fused-ring (bicyclic) bond motifs is 2. The maximum atomic E-state index is 12.4. The van der Waals surface area contributed by atoms with Gasteiger partial charge in [-0.15, -0.1) is 0 Å². The van der Waals surface area contributed by atoms with Crippen LogP contribution in [0.4, 0.5) is 0 Å².